The summed E-state index contributed by atoms with van der Waals surface area (Å²) in [5.74, 6) is 1.77. The summed E-state index contributed by atoms with van der Waals surface area (Å²) in [4.78, 5) is 8.88. The van der Waals surface area contributed by atoms with Crippen LogP contribution in [0.4, 0.5) is 0 Å². The van der Waals surface area contributed by atoms with Crippen LogP contribution in [-0.4, -0.2) is 19.6 Å². The molecule has 3 aromatic rings. The van der Waals surface area contributed by atoms with Crippen molar-refractivity contribution in [3.05, 3.63) is 23.5 Å². The molecular weight excluding hydrogens is 228 g/mol. The van der Waals surface area contributed by atoms with Crippen molar-refractivity contribution in [1.82, 2.24) is 19.6 Å². The molecule has 94 valence electrons. The van der Waals surface area contributed by atoms with E-state index in [0.717, 1.165) is 47.4 Å². The van der Waals surface area contributed by atoms with Crippen LogP contribution >= 0.6 is 0 Å². The Morgan fingerprint density at radius 2 is 2.17 bits per heavy atom. The van der Waals surface area contributed by atoms with Crippen LogP contribution in [0.2, 0.25) is 0 Å². The molecule has 0 saturated carbocycles. The maximum absolute atomic E-state index is 5.60. The van der Waals surface area contributed by atoms with Gasteiger partial charge in [-0.3, -0.25) is 0 Å². The molecule has 5 nitrogen and oxygen atoms in total. The van der Waals surface area contributed by atoms with Crippen LogP contribution in [0.5, 0.6) is 0 Å². The number of nitrogens with zero attached hydrogens (tertiary/aromatic N) is 4. The molecule has 0 radical (unpaired) electrons. The highest BCUT2D eigenvalue weighted by molar-refractivity contribution is 5.91. The number of rotatable bonds is 3. The summed E-state index contributed by atoms with van der Waals surface area (Å²) in [5, 5.41) is 5.43. The molecule has 0 aliphatic heterocycles. The van der Waals surface area contributed by atoms with Gasteiger partial charge in [-0.2, -0.15) is 0 Å². The van der Waals surface area contributed by atoms with Gasteiger partial charge < -0.3 is 4.42 Å². The zero-order valence-electron chi connectivity index (χ0n) is 10.9. The van der Waals surface area contributed by atoms with Gasteiger partial charge in [-0.15, -0.1) is 5.10 Å². The highest BCUT2D eigenvalue weighted by Crippen LogP contribution is 2.25. The fourth-order valence-corrected chi connectivity index (χ4v) is 2.13. The van der Waals surface area contributed by atoms with Crippen molar-refractivity contribution in [3.63, 3.8) is 0 Å². The van der Waals surface area contributed by atoms with E-state index >= 15 is 0 Å². The Balaban J connectivity index is 2.22. The van der Waals surface area contributed by atoms with Crippen molar-refractivity contribution < 1.29 is 4.42 Å². The van der Waals surface area contributed by atoms with Gasteiger partial charge in [0.1, 0.15) is 12.1 Å². The third-order valence-electron chi connectivity index (χ3n) is 3.30. The number of hydrogen-bond donors (Lipinski definition) is 0. The second kappa shape index (κ2) is 4.08. The third-order valence-corrected chi connectivity index (χ3v) is 3.30. The van der Waals surface area contributed by atoms with E-state index < -0.39 is 0 Å². The van der Waals surface area contributed by atoms with Gasteiger partial charge in [-0.25, -0.2) is 14.5 Å². The van der Waals surface area contributed by atoms with Gasteiger partial charge in [0.15, 0.2) is 11.5 Å². The van der Waals surface area contributed by atoms with Crippen LogP contribution in [0.3, 0.4) is 0 Å². The highest BCUT2D eigenvalue weighted by atomic mass is 16.3. The maximum Gasteiger partial charge on any atom is 0.231 e. The van der Waals surface area contributed by atoms with Crippen molar-refractivity contribution in [3.8, 4) is 0 Å². The fourth-order valence-electron chi connectivity index (χ4n) is 2.13. The highest BCUT2D eigenvalue weighted by Gasteiger charge is 2.15. The third kappa shape index (κ3) is 1.58. The van der Waals surface area contributed by atoms with Crippen LogP contribution in [0.1, 0.15) is 36.9 Å². The van der Waals surface area contributed by atoms with Crippen molar-refractivity contribution >= 4 is 16.7 Å². The standard InChI is InChI=1S/C13H16N4O/c1-4-5-6-10-15-12-11-8(2)9(3)18-13(11)14-7-17(12)16-10/h7H,4-6H2,1-3H3. The van der Waals surface area contributed by atoms with E-state index in [1.165, 1.54) is 0 Å². The molecule has 0 atom stereocenters. The number of aromatic nitrogens is 4. The summed E-state index contributed by atoms with van der Waals surface area (Å²) in [6, 6.07) is 0. The molecule has 5 heteroatoms. The first-order valence-electron chi connectivity index (χ1n) is 6.30. The van der Waals surface area contributed by atoms with E-state index in [0.29, 0.717) is 5.71 Å². The molecule has 0 aliphatic carbocycles. The molecule has 0 spiro atoms. The van der Waals surface area contributed by atoms with Crippen molar-refractivity contribution in [2.45, 2.75) is 40.0 Å². The lowest BCUT2D eigenvalue weighted by Crippen LogP contribution is -1.91. The van der Waals surface area contributed by atoms with Gasteiger partial charge in [-0.05, 0) is 20.3 Å². The molecule has 3 rings (SSSR count). The number of furan rings is 1. The van der Waals surface area contributed by atoms with Gasteiger partial charge in [0.2, 0.25) is 5.71 Å². The van der Waals surface area contributed by atoms with Gasteiger partial charge in [0.05, 0.1) is 5.39 Å². The first kappa shape index (κ1) is 11.2. The Kier molecular flexibility index (Phi) is 2.54. The molecular formula is C13H16N4O. The number of aryl methyl sites for hydroxylation is 3. The Morgan fingerprint density at radius 1 is 1.33 bits per heavy atom. The zero-order valence-corrected chi connectivity index (χ0v) is 10.9. The smallest absolute Gasteiger partial charge is 0.231 e. The van der Waals surface area contributed by atoms with Crippen molar-refractivity contribution in [2.24, 2.45) is 0 Å². The summed E-state index contributed by atoms with van der Waals surface area (Å²) in [5.41, 5.74) is 2.59. The Hall–Kier alpha value is -1.91. The molecule has 0 N–H and O–H groups in total. The largest absolute Gasteiger partial charge is 0.443 e. The molecule has 3 aromatic heterocycles. The fraction of sp³-hybridized carbons (Fsp3) is 0.462. The molecule has 0 unspecified atom stereocenters. The molecule has 0 fully saturated rings. The minimum absolute atomic E-state index is 0.645. The lowest BCUT2D eigenvalue weighted by Gasteiger charge is -1.91. The topological polar surface area (TPSA) is 56.2 Å². The summed E-state index contributed by atoms with van der Waals surface area (Å²) in [6.07, 6.45) is 4.84. The monoisotopic (exact) mass is 244 g/mol. The molecule has 0 saturated heterocycles. The maximum atomic E-state index is 5.60. The van der Waals surface area contributed by atoms with E-state index in [1.54, 1.807) is 10.8 Å². The predicted octanol–water partition coefficient (Wildman–Crippen LogP) is 2.83. The van der Waals surface area contributed by atoms with Crippen LogP contribution in [0, 0.1) is 13.8 Å². The van der Waals surface area contributed by atoms with Crippen LogP contribution in [0.15, 0.2) is 10.7 Å². The van der Waals surface area contributed by atoms with Gasteiger partial charge in [0.25, 0.3) is 0 Å². The number of fused-ring (bicyclic) bond motifs is 3. The molecule has 3 heterocycles. The van der Waals surface area contributed by atoms with Gasteiger partial charge in [-0.1, -0.05) is 13.3 Å². The second-order valence-electron chi connectivity index (χ2n) is 4.61. The van der Waals surface area contributed by atoms with Crippen molar-refractivity contribution in [2.75, 3.05) is 0 Å². The Morgan fingerprint density at radius 3 is 2.94 bits per heavy atom. The SMILES string of the molecule is CCCCc1nc2c3c(C)c(C)oc3ncn2n1. The minimum atomic E-state index is 0.645. The molecule has 0 bridgehead atoms. The molecule has 0 amide bonds. The normalized spacial score (nSPS) is 11.7. The number of hydrogen-bond acceptors (Lipinski definition) is 4. The molecule has 0 aromatic carbocycles. The minimum Gasteiger partial charge on any atom is -0.443 e. The van der Waals surface area contributed by atoms with Crippen LogP contribution < -0.4 is 0 Å². The average molecular weight is 244 g/mol. The van der Waals surface area contributed by atoms with Gasteiger partial charge >= 0.3 is 0 Å². The summed E-state index contributed by atoms with van der Waals surface area (Å²) in [6.45, 7) is 6.14. The number of unbranched alkanes of at least 4 members (excludes halogenated alkanes) is 1. The summed E-state index contributed by atoms with van der Waals surface area (Å²) < 4.78 is 7.35. The molecule has 0 aliphatic rings. The Bertz CT molecular complexity index is 710. The Labute approximate surface area is 105 Å². The van der Waals surface area contributed by atoms with E-state index in [1.807, 2.05) is 13.8 Å². The first-order valence-corrected chi connectivity index (χ1v) is 6.30. The second-order valence-corrected chi connectivity index (χ2v) is 4.61. The first-order chi connectivity index (χ1) is 8.70. The van der Waals surface area contributed by atoms with Gasteiger partial charge in [0, 0.05) is 12.0 Å². The average Bonchev–Trinajstić information content (AvgIpc) is 2.89. The van der Waals surface area contributed by atoms with E-state index in [4.69, 9.17) is 4.42 Å². The quantitative estimate of drug-likeness (QED) is 0.711. The lowest BCUT2D eigenvalue weighted by molar-refractivity contribution is 0.563. The van der Waals surface area contributed by atoms with Crippen LogP contribution in [0.25, 0.3) is 16.7 Å². The van der Waals surface area contributed by atoms with Crippen molar-refractivity contribution in [1.29, 1.82) is 0 Å². The lowest BCUT2D eigenvalue weighted by atomic mass is 10.2. The predicted molar refractivity (Wildman–Crippen MR) is 68.6 cm³/mol. The zero-order chi connectivity index (χ0) is 12.7. The summed E-state index contributed by atoms with van der Waals surface area (Å²) in [7, 11) is 0. The van der Waals surface area contributed by atoms with E-state index in [9.17, 15) is 0 Å². The van der Waals surface area contributed by atoms with Crippen LogP contribution in [-0.2, 0) is 6.42 Å². The van der Waals surface area contributed by atoms with E-state index in [2.05, 4.69) is 22.0 Å². The van der Waals surface area contributed by atoms with E-state index in [-0.39, 0.29) is 0 Å². The molecule has 18 heavy (non-hydrogen) atoms. The summed E-state index contributed by atoms with van der Waals surface area (Å²) >= 11 is 0.